The Kier molecular flexibility index (Phi) is 4.49. The normalized spacial score (nSPS) is 30.9. The lowest BCUT2D eigenvalue weighted by Crippen LogP contribution is -2.51. The number of rotatable bonds is 2. The fraction of sp³-hybridized carbons (Fsp3) is 0.867. The SMILES string of the molecule is CC1CC(C)N(C(=O)C2(C(N)=S)CCCCCC2)C1. The minimum Gasteiger partial charge on any atom is -0.392 e. The van der Waals surface area contributed by atoms with Gasteiger partial charge in [-0.05, 0) is 32.1 Å². The molecule has 0 aromatic heterocycles. The number of carbonyl (C=O) groups is 1. The van der Waals surface area contributed by atoms with Gasteiger partial charge in [-0.3, -0.25) is 4.79 Å². The van der Waals surface area contributed by atoms with Crippen molar-refractivity contribution in [3.8, 4) is 0 Å². The van der Waals surface area contributed by atoms with Crippen molar-refractivity contribution in [1.29, 1.82) is 0 Å². The van der Waals surface area contributed by atoms with Gasteiger partial charge in [0.15, 0.2) is 0 Å². The number of nitrogens with two attached hydrogens (primary N) is 1. The van der Waals surface area contributed by atoms with Crippen molar-refractivity contribution in [2.75, 3.05) is 6.54 Å². The highest BCUT2D eigenvalue weighted by Gasteiger charge is 2.46. The van der Waals surface area contributed by atoms with Crippen LogP contribution in [0.5, 0.6) is 0 Å². The van der Waals surface area contributed by atoms with Crippen molar-refractivity contribution in [1.82, 2.24) is 4.90 Å². The van der Waals surface area contributed by atoms with Crippen LogP contribution < -0.4 is 5.73 Å². The van der Waals surface area contributed by atoms with Crippen LogP contribution in [0.15, 0.2) is 0 Å². The van der Waals surface area contributed by atoms with Crippen LogP contribution in [0.3, 0.4) is 0 Å². The molecule has 1 heterocycles. The van der Waals surface area contributed by atoms with Crippen molar-refractivity contribution >= 4 is 23.1 Å². The van der Waals surface area contributed by atoms with Crippen molar-refractivity contribution in [2.24, 2.45) is 17.1 Å². The van der Waals surface area contributed by atoms with Crippen LogP contribution in [0, 0.1) is 11.3 Å². The molecular formula is C15H26N2OS. The van der Waals surface area contributed by atoms with Crippen LogP contribution in [0.2, 0.25) is 0 Å². The lowest BCUT2D eigenvalue weighted by molar-refractivity contribution is -0.139. The maximum absolute atomic E-state index is 13.0. The highest BCUT2D eigenvalue weighted by molar-refractivity contribution is 7.80. The molecule has 0 aromatic rings. The first kappa shape index (κ1) is 14.8. The lowest BCUT2D eigenvalue weighted by atomic mass is 9.78. The molecule has 2 N–H and O–H groups in total. The summed E-state index contributed by atoms with van der Waals surface area (Å²) >= 11 is 5.30. The molecule has 2 fully saturated rings. The first-order valence-corrected chi connectivity index (χ1v) is 7.99. The number of nitrogens with zero attached hydrogens (tertiary/aromatic N) is 1. The molecule has 1 amide bonds. The molecule has 4 heteroatoms. The molecule has 1 saturated heterocycles. The number of hydrogen-bond donors (Lipinski definition) is 1. The van der Waals surface area contributed by atoms with Gasteiger partial charge in [-0.25, -0.2) is 0 Å². The molecule has 3 nitrogen and oxygen atoms in total. The Balaban J connectivity index is 2.23. The van der Waals surface area contributed by atoms with Crippen molar-refractivity contribution in [2.45, 2.75) is 64.8 Å². The van der Waals surface area contributed by atoms with E-state index in [1.807, 2.05) is 4.90 Å². The molecule has 2 aliphatic rings. The molecule has 0 radical (unpaired) electrons. The molecule has 2 unspecified atom stereocenters. The van der Waals surface area contributed by atoms with E-state index in [0.717, 1.165) is 38.6 Å². The topological polar surface area (TPSA) is 46.3 Å². The first-order chi connectivity index (χ1) is 8.97. The standard InChI is InChI=1S/C15H26N2OS/c1-11-9-12(2)17(10-11)14(18)15(13(16)19)7-5-3-4-6-8-15/h11-12H,3-10H2,1-2H3,(H2,16,19). The molecule has 2 atom stereocenters. The van der Waals surface area contributed by atoms with Gasteiger partial charge in [0.05, 0.1) is 10.4 Å². The Morgan fingerprint density at radius 3 is 2.21 bits per heavy atom. The lowest BCUT2D eigenvalue weighted by Gasteiger charge is -2.36. The zero-order valence-corrected chi connectivity index (χ0v) is 13.0. The summed E-state index contributed by atoms with van der Waals surface area (Å²) in [6, 6.07) is 0.331. The van der Waals surface area contributed by atoms with Crippen LogP contribution in [0.1, 0.15) is 58.8 Å². The quantitative estimate of drug-likeness (QED) is 0.626. The molecule has 1 aliphatic heterocycles. The second kappa shape index (κ2) is 5.78. The summed E-state index contributed by atoms with van der Waals surface area (Å²) in [7, 11) is 0. The average molecular weight is 282 g/mol. The molecule has 19 heavy (non-hydrogen) atoms. The summed E-state index contributed by atoms with van der Waals surface area (Å²) in [6.45, 7) is 5.22. The predicted octanol–water partition coefficient (Wildman–Crippen LogP) is 2.87. The molecule has 0 aromatic carbocycles. The monoisotopic (exact) mass is 282 g/mol. The van der Waals surface area contributed by atoms with Gasteiger partial charge in [0.2, 0.25) is 5.91 Å². The van der Waals surface area contributed by atoms with E-state index in [0.29, 0.717) is 16.9 Å². The van der Waals surface area contributed by atoms with Crippen LogP contribution in [-0.4, -0.2) is 28.4 Å². The Bertz CT molecular complexity index is 361. The van der Waals surface area contributed by atoms with Gasteiger partial charge < -0.3 is 10.6 Å². The third kappa shape index (κ3) is 2.78. The molecule has 1 aliphatic carbocycles. The number of carbonyl (C=O) groups excluding carboxylic acids is 1. The Hall–Kier alpha value is -0.640. The molecule has 2 rings (SSSR count). The number of thiocarbonyl (C=S) groups is 1. The highest BCUT2D eigenvalue weighted by atomic mass is 32.1. The molecular weight excluding hydrogens is 256 g/mol. The smallest absolute Gasteiger partial charge is 0.235 e. The Labute approximate surface area is 121 Å². The molecule has 108 valence electrons. The van der Waals surface area contributed by atoms with Gasteiger partial charge in [-0.15, -0.1) is 0 Å². The number of amides is 1. The van der Waals surface area contributed by atoms with Gasteiger partial charge in [0.25, 0.3) is 0 Å². The van der Waals surface area contributed by atoms with E-state index in [9.17, 15) is 4.79 Å². The third-order valence-corrected chi connectivity index (χ3v) is 5.27. The maximum atomic E-state index is 13.0. The van der Waals surface area contributed by atoms with E-state index in [-0.39, 0.29) is 5.91 Å². The molecule has 0 bridgehead atoms. The van der Waals surface area contributed by atoms with E-state index in [1.165, 1.54) is 12.8 Å². The molecule has 1 saturated carbocycles. The van der Waals surface area contributed by atoms with Crippen molar-refractivity contribution in [3.63, 3.8) is 0 Å². The number of likely N-dealkylation sites (tertiary alicyclic amines) is 1. The first-order valence-electron chi connectivity index (χ1n) is 7.58. The van der Waals surface area contributed by atoms with Crippen LogP contribution in [0.4, 0.5) is 0 Å². The second-order valence-electron chi connectivity index (χ2n) is 6.51. The Morgan fingerprint density at radius 1 is 1.21 bits per heavy atom. The van der Waals surface area contributed by atoms with E-state index >= 15 is 0 Å². The highest BCUT2D eigenvalue weighted by Crippen LogP contribution is 2.39. The zero-order valence-electron chi connectivity index (χ0n) is 12.2. The van der Waals surface area contributed by atoms with E-state index in [2.05, 4.69) is 13.8 Å². The van der Waals surface area contributed by atoms with Gasteiger partial charge in [-0.1, -0.05) is 44.8 Å². The van der Waals surface area contributed by atoms with Gasteiger partial charge in [-0.2, -0.15) is 0 Å². The summed E-state index contributed by atoms with van der Waals surface area (Å²) in [6.07, 6.45) is 7.32. The predicted molar refractivity (Wildman–Crippen MR) is 81.9 cm³/mol. The maximum Gasteiger partial charge on any atom is 0.235 e. The number of hydrogen-bond acceptors (Lipinski definition) is 2. The van der Waals surface area contributed by atoms with E-state index in [1.54, 1.807) is 0 Å². The fourth-order valence-electron chi connectivity index (χ4n) is 3.76. The fourth-order valence-corrected chi connectivity index (χ4v) is 4.05. The Morgan fingerprint density at radius 2 is 1.79 bits per heavy atom. The summed E-state index contributed by atoms with van der Waals surface area (Å²) in [5.74, 6) is 0.798. The minimum absolute atomic E-state index is 0.207. The molecule has 0 spiro atoms. The summed E-state index contributed by atoms with van der Waals surface area (Å²) in [4.78, 5) is 15.5. The van der Waals surface area contributed by atoms with E-state index in [4.69, 9.17) is 18.0 Å². The van der Waals surface area contributed by atoms with Gasteiger partial charge in [0, 0.05) is 12.6 Å². The summed E-state index contributed by atoms with van der Waals surface area (Å²) in [5.41, 5.74) is 5.45. The largest absolute Gasteiger partial charge is 0.392 e. The van der Waals surface area contributed by atoms with Crippen LogP contribution >= 0.6 is 12.2 Å². The minimum atomic E-state index is -0.551. The second-order valence-corrected chi connectivity index (χ2v) is 6.95. The van der Waals surface area contributed by atoms with Crippen molar-refractivity contribution < 1.29 is 4.79 Å². The summed E-state index contributed by atoms with van der Waals surface area (Å²) < 4.78 is 0. The van der Waals surface area contributed by atoms with Crippen LogP contribution in [-0.2, 0) is 4.79 Å². The van der Waals surface area contributed by atoms with Gasteiger partial charge >= 0.3 is 0 Å². The zero-order chi connectivity index (χ0) is 14.0. The third-order valence-electron chi connectivity index (χ3n) is 4.88. The van der Waals surface area contributed by atoms with Gasteiger partial charge in [0.1, 0.15) is 0 Å². The summed E-state index contributed by atoms with van der Waals surface area (Å²) in [5, 5.41) is 0. The van der Waals surface area contributed by atoms with Crippen LogP contribution in [0.25, 0.3) is 0 Å². The van der Waals surface area contributed by atoms with E-state index < -0.39 is 5.41 Å². The van der Waals surface area contributed by atoms with Crippen molar-refractivity contribution in [3.05, 3.63) is 0 Å². The average Bonchev–Trinajstić information content (AvgIpc) is 2.57.